The van der Waals surface area contributed by atoms with Gasteiger partial charge < -0.3 is 15.1 Å². The summed E-state index contributed by atoms with van der Waals surface area (Å²) in [6, 6.07) is 12.5. The fraction of sp³-hybridized carbons (Fsp3) is 0.333. The Labute approximate surface area is 192 Å². The number of hydrogen-bond acceptors (Lipinski definition) is 5. The molecule has 1 saturated heterocycles. The second-order valence-corrected chi connectivity index (χ2v) is 8.09. The summed E-state index contributed by atoms with van der Waals surface area (Å²) in [5.41, 5.74) is 3.96. The van der Waals surface area contributed by atoms with Crippen molar-refractivity contribution >= 4 is 23.2 Å². The normalized spacial score (nSPS) is 13.8. The molecule has 0 saturated carbocycles. The van der Waals surface area contributed by atoms with E-state index in [0.717, 1.165) is 17.1 Å². The fourth-order valence-corrected chi connectivity index (χ4v) is 4.03. The van der Waals surface area contributed by atoms with Crippen molar-refractivity contribution in [2.45, 2.75) is 27.1 Å². The summed E-state index contributed by atoms with van der Waals surface area (Å²) >= 11 is 0. The molecule has 0 atom stereocenters. The summed E-state index contributed by atoms with van der Waals surface area (Å²) in [5.74, 6) is -0.238. The molecule has 4 rings (SSSR count). The van der Waals surface area contributed by atoms with E-state index in [1.54, 1.807) is 16.8 Å². The summed E-state index contributed by atoms with van der Waals surface area (Å²) < 4.78 is 14.6. The number of hydrogen-bond donors (Lipinski definition) is 1. The van der Waals surface area contributed by atoms with Crippen molar-refractivity contribution < 1.29 is 14.0 Å². The molecule has 8 nitrogen and oxygen atoms in total. The van der Waals surface area contributed by atoms with Crippen LogP contribution in [0.15, 0.2) is 48.7 Å². The first-order valence-electron chi connectivity index (χ1n) is 10.9. The van der Waals surface area contributed by atoms with E-state index in [-0.39, 0.29) is 24.1 Å². The minimum Gasteiger partial charge on any atom is -0.367 e. The monoisotopic (exact) mass is 450 g/mol. The van der Waals surface area contributed by atoms with E-state index in [2.05, 4.69) is 20.3 Å². The van der Waals surface area contributed by atoms with Crippen LogP contribution < -0.4 is 10.2 Å². The number of piperazine rings is 1. The lowest BCUT2D eigenvalue weighted by molar-refractivity contribution is -0.132. The van der Waals surface area contributed by atoms with Gasteiger partial charge in [0.1, 0.15) is 13.2 Å². The molecular weight excluding hydrogens is 423 g/mol. The summed E-state index contributed by atoms with van der Waals surface area (Å²) in [5, 5.41) is 7.20. The largest absolute Gasteiger partial charge is 0.367 e. The van der Waals surface area contributed by atoms with Gasteiger partial charge in [-0.2, -0.15) is 5.10 Å². The number of nitrogens with zero attached hydrogens (tertiary/aromatic N) is 5. The zero-order valence-electron chi connectivity index (χ0n) is 18.8. The highest BCUT2D eigenvalue weighted by molar-refractivity contribution is 6.08. The van der Waals surface area contributed by atoms with Crippen LogP contribution in [0.5, 0.6) is 0 Å². The summed E-state index contributed by atoms with van der Waals surface area (Å²) in [4.78, 5) is 33.6. The van der Waals surface area contributed by atoms with E-state index in [1.807, 2.05) is 43.0 Å². The predicted octanol–water partition coefficient (Wildman–Crippen LogP) is 2.97. The van der Waals surface area contributed by atoms with E-state index in [9.17, 15) is 14.0 Å². The summed E-state index contributed by atoms with van der Waals surface area (Å²) in [7, 11) is 0. The number of amides is 2. The van der Waals surface area contributed by atoms with Crippen molar-refractivity contribution in [2.24, 2.45) is 0 Å². The van der Waals surface area contributed by atoms with Crippen LogP contribution in [0.4, 0.5) is 15.8 Å². The number of aromatic nitrogens is 3. The molecule has 1 aliphatic rings. The SMILES string of the molecule is Cc1cc(C)n(CC(=O)N2CCN(c3ccccc3C(=O)Nc3ccnc(CF)c3)CC2)n1. The first-order chi connectivity index (χ1) is 15.9. The number of anilines is 2. The predicted molar refractivity (Wildman–Crippen MR) is 124 cm³/mol. The molecule has 3 heterocycles. The molecule has 0 radical (unpaired) electrons. The second kappa shape index (κ2) is 9.81. The molecule has 0 spiro atoms. The fourth-order valence-electron chi connectivity index (χ4n) is 4.03. The first-order valence-corrected chi connectivity index (χ1v) is 10.9. The van der Waals surface area contributed by atoms with Gasteiger partial charge in [0.2, 0.25) is 5.91 Å². The Hall–Kier alpha value is -3.75. The van der Waals surface area contributed by atoms with Gasteiger partial charge in [-0.1, -0.05) is 12.1 Å². The number of carbonyl (C=O) groups excluding carboxylic acids is 2. The molecule has 0 bridgehead atoms. The van der Waals surface area contributed by atoms with Crippen molar-refractivity contribution in [2.75, 3.05) is 36.4 Å². The number of aryl methyl sites for hydroxylation is 2. The number of carbonyl (C=O) groups is 2. The van der Waals surface area contributed by atoms with Gasteiger partial charge in [-0.3, -0.25) is 19.3 Å². The van der Waals surface area contributed by atoms with Crippen molar-refractivity contribution in [1.82, 2.24) is 19.7 Å². The lowest BCUT2D eigenvalue weighted by Crippen LogP contribution is -2.50. The molecule has 0 aliphatic carbocycles. The Morgan fingerprint density at radius 3 is 2.52 bits per heavy atom. The second-order valence-electron chi connectivity index (χ2n) is 8.09. The van der Waals surface area contributed by atoms with Crippen LogP contribution in [0.25, 0.3) is 0 Å². The number of benzene rings is 1. The van der Waals surface area contributed by atoms with Crippen LogP contribution in [0.1, 0.15) is 27.4 Å². The Bertz CT molecular complexity index is 1150. The topological polar surface area (TPSA) is 83.4 Å². The zero-order chi connectivity index (χ0) is 23.4. The van der Waals surface area contributed by atoms with Gasteiger partial charge in [0.15, 0.2) is 0 Å². The standard InChI is InChI=1S/C24H27FN6O2/c1-17-13-18(2)31(28-17)16-23(32)30-11-9-29(10-12-30)22-6-4-3-5-21(22)24(33)27-19-7-8-26-20(14-19)15-25/h3-8,13-14H,9-12,15-16H2,1-2H3,(H,26,27,33). The Balaban J connectivity index is 1.41. The summed E-state index contributed by atoms with van der Waals surface area (Å²) in [6.07, 6.45) is 1.47. The van der Waals surface area contributed by atoms with Crippen LogP contribution in [-0.2, 0) is 18.0 Å². The Kier molecular flexibility index (Phi) is 6.67. The third kappa shape index (κ3) is 5.19. The molecular formula is C24H27FN6O2. The van der Waals surface area contributed by atoms with E-state index < -0.39 is 6.67 Å². The van der Waals surface area contributed by atoms with E-state index in [0.29, 0.717) is 37.4 Å². The average molecular weight is 451 g/mol. The summed E-state index contributed by atoms with van der Waals surface area (Å²) in [6.45, 7) is 5.76. The van der Waals surface area contributed by atoms with Gasteiger partial charge in [0.25, 0.3) is 5.91 Å². The van der Waals surface area contributed by atoms with E-state index in [1.165, 1.54) is 12.3 Å². The number of pyridine rings is 1. The Morgan fingerprint density at radius 2 is 1.82 bits per heavy atom. The zero-order valence-corrected chi connectivity index (χ0v) is 18.8. The molecule has 9 heteroatoms. The maximum atomic E-state index is 13.0. The van der Waals surface area contributed by atoms with Gasteiger partial charge in [-0.15, -0.1) is 0 Å². The van der Waals surface area contributed by atoms with Crippen LogP contribution in [-0.4, -0.2) is 57.7 Å². The van der Waals surface area contributed by atoms with Crippen molar-refractivity contribution in [3.8, 4) is 0 Å². The van der Waals surface area contributed by atoms with Crippen molar-refractivity contribution in [1.29, 1.82) is 0 Å². The third-order valence-corrected chi connectivity index (χ3v) is 5.72. The van der Waals surface area contributed by atoms with Gasteiger partial charge in [0.05, 0.1) is 17.0 Å². The molecule has 3 aromatic rings. The van der Waals surface area contributed by atoms with Gasteiger partial charge in [-0.05, 0) is 44.2 Å². The van der Waals surface area contributed by atoms with Crippen molar-refractivity contribution in [3.05, 3.63) is 71.3 Å². The molecule has 1 aliphatic heterocycles. The number of para-hydroxylation sites is 1. The van der Waals surface area contributed by atoms with Crippen LogP contribution in [0.2, 0.25) is 0 Å². The van der Waals surface area contributed by atoms with E-state index in [4.69, 9.17) is 0 Å². The number of alkyl halides is 1. The minimum atomic E-state index is -0.692. The Morgan fingerprint density at radius 1 is 1.06 bits per heavy atom. The first kappa shape index (κ1) is 22.4. The number of rotatable bonds is 6. The number of nitrogens with one attached hydrogen (secondary N) is 1. The minimum absolute atomic E-state index is 0.0354. The van der Waals surface area contributed by atoms with Crippen LogP contribution in [0, 0.1) is 13.8 Å². The highest BCUT2D eigenvalue weighted by atomic mass is 19.1. The van der Waals surface area contributed by atoms with Crippen LogP contribution in [0.3, 0.4) is 0 Å². The lowest BCUT2D eigenvalue weighted by Gasteiger charge is -2.37. The van der Waals surface area contributed by atoms with Gasteiger partial charge in [0, 0.05) is 49.4 Å². The smallest absolute Gasteiger partial charge is 0.257 e. The van der Waals surface area contributed by atoms with Crippen molar-refractivity contribution in [3.63, 3.8) is 0 Å². The van der Waals surface area contributed by atoms with Gasteiger partial charge in [-0.25, -0.2) is 4.39 Å². The molecule has 0 unspecified atom stereocenters. The van der Waals surface area contributed by atoms with Crippen LogP contribution >= 0.6 is 0 Å². The molecule has 2 aromatic heterocycles. The average Bonchev–Trinajstić information content (AvgIpc) is 3.15. The maximum absolute atomic E-state index is 13.0. The molecule has 33 heavy (non-hydrogen) atoms. The highest BCUT2D eigenvalue weighted by Crippen LogP contribution is 2.23. The molecule has 1 aromatic carbocycles. The molecule has 2 amide bonds. The van der Waals surface area contributed by atoms with Gasteiger partial charge >= 0.3 is 0 Å². The maximum Gasteiger partial charge on any atom is 0.257 e. The third-order valence-electron chi connectivity index (χ3n) is 5.72. The lowest BCUT2D eigenvalue weighted by atomic mass is 10.1. The number of halogens is 1. The molecule has 172 valence electrons. The molecule has 1 fully saturated rings. The molecule has 1 N–H and O–H groups in total. The highest BCUT2D eigenvalue weighted by Gasteiger charge is 2.24. The quantitative estimate of drug-likeness (QED) is 0.624. The van der Waals surface area contributed by atoms with E-state index >= 15 is 0 Å².